The number of nitrogens with one attached hydrogen (secondary N) is 1. The number of nitrogens with zero attached hydrogens (tertiary/aromatic N) is 1. The highest BCUT2D eigenvalue weighted by molar-refractivity contribution is 5.65. The van der Waals surface area contributed by atoms with E-state index in [9.17, 15) is 4.79 Å². The monoisotopic (exact) mass is 274 g/mol. The fraction of sp³-hybridized carbons (Fsp3) is 0.562. The van der Waals surface area contributed by atoms with E-state index in [0.29, 0.717) is 24.4 Å². The highest BCUT2D eigenvalue weighted by Crippen LogP contribution is 2.38. The van der Waals surface area contributed by atoms with Gasteiger partial charge in [-0.3, -0.25) is 0 Å². The molecule has 3 rings (SSSR count). The Balaban J connectivity index is 1.51. The molecule has 20 heavy (non-hydrogen) atoms. The minimum Gasteiger partial charge on any atom is -0.465 e. The molecule has 1 aliphatic carbocycles. The van der Waals surface area contributed by atoms with Crippen molar-refractivity contribution in [3.05, 3.63) is 35.9 Å². The molecule has 1 unspecified atom stereocenters. The second-order valence-electron chi connectivity index (χ2n) is 6.07. The van der Waals surface area contributed by atoms with E-state index in [1.165, 1.54) is 12.0 Å². The molecule has 1 aliphatic heterocycles. The topological polar surface area (TPSA) is 52.6 Å². The summed E-state index contributed by atoms with van der Waals surface area (Å²) in [6, 6.07) is 11.0. The molecule has 1 amide bonds. The average Bonchev–Trinajstić information content (AvgIpc) is 2.88. The maximum Gasteiger partial charge on any atom is 0.407 e. The molecule has 0 radical (unpaired) electrons. The number of rotatable bonds is 3. The lowest BCUT2D eigenvalue weighted by atomic mass is 9.89. The van der Waals surface area contributed by atoms with Gasteiger partial charge in [-0.25, -0.2) is 4.79 Å². The summed E-state index contributed by atoms with van der Waals surface area (Å²) in [5.74, 6) is 1.26. The molecule has 1 aromatic rings. The number of carboxylic acid groups (broad SMARTS) is 1. The van der Waals surface area contributed by atoms with Gasteiger partial charge < -0.3 is 15.3 Å². The maximum absolute atomic E-state index is 11.0. The van der Waals surface area contributed by atoms with E-state index in [4.69, 9.17) is 5.11 Å². The van der Waals surface area contributed by atoms with Crippen LogP contribution >= 0.6 is 0 Å². The van der Waals surface area contributed by atoms with Crippen molar-refractivity contribution in [2.75, 3.05) is 13.1 Å². The largest absolute Gasteiger partial charge is 0.465 e. The van der Waals surface area contributed by atoms with Crippen molar-refractivity contribution in [1.82, 2.24) is 10.2 Å². The molecule has 1 saturated carbocycles. The Morgan fingerprint density at radius 2 is 2.00 bits per heavy atom. The van der Waals surface area contributed by atoms with Gasteiger partial charge in [0.15, 0.2) is 0 Å². The number of amides is 1. The molecule has 1 heterocycles. The normalized spacial score (nSPS) is 29.2. The van der Waals surface area contributed by atoms with Crippen molar-refractivity contribution < 1.29 is 9.90 Å². The highest BCUT2D eigenvalue weighted by Gasteiger charge is 2.38. The van der Waals surface area contributed by atoms with Crippen molar-refractivity contribution in [2.24, 2.45) is 11.8 Å². The summed E-state index contributed by atoms with van der Waals surface area (Å²) in [7, 11) is 0. The van der Waals surface area contributed by atoms with Crippen LogP contribution in [0.15, 0.2) is 30.3 Å². The predicted octanol–water partition coefficient (Wildman–Crippen LogP) is 2.55. The summed E-state index contributed by atoms with van der Waals surface area (Å²) in [5.41, 5.74) is 1.31. The summed E-state index contributed by atoms with van der Waals surface area (Å²) in [5, 5.41) is 12.7. The number of carbonyl (C=O) groups is 1. The predicted molar refractivity (Wildman–Crippen MR) is 77.5 cm³/mol. The van der Waals surface area contributed by atoms with Gasteiger partial charge in [-0.2, -0.15) is 0 Å². The Morgan fingerprint density at radius 3 is 2.75 bits per heavy atom. The minimum atomic E-state index is -0.760. The quantitative estimate of drug-likeness (QED) is 0.890. The number of hydrogen-bond donors (Lipinski definition) is 2. The van der Waals surface area contributed by atoms with Crippen LogP contribution in [0.25, 0.3) is 0 Å². The lowest BCUT2D eigenvalue weighted by Gasteiger charge is -2.32. The molecule has 4 heteroatoms. The number of piperidine rings is 1. The van der Waals surface area contributed by atoms with E-state index < -0.39 is 6.09 Å². The lowest BCUT2D eigenvalue weighted by Crippen LogP contribution is -2.41. The van der Waals surface area contributed by atoms with Gasteiger partial charge in [0.1, 0.15) is 0 Å². The van der Waals surface area contributed by atoms with Crippen molar-refractivity contribution in [1.29, 1.82) is 0 Å². The molecule has 2 aliphatic rings. The van der Waals surface area contributed by atoms with Gasteiger partial charge in [0.05, 0.1) is 0 Å². The molecule has 4 nitrogen and oxygen atoms in total. The fourth-order valence-corrected chi connectivity index (χ4v) is 3.68. The van der Waals surface area contributed by atoms with Crippen molar-refractivity contribution in [2.45, 2.75) is 31.8 Å². The third-order valence-corrected chi connectivity index (χ3v) is 4.77. The van der Waals surface area contributed by atoms with Crippen molar-refractivity contribution in [3.63, 3.8) is 0 Å². The zero-order valence-electron chi connectivity index (χ0n) is 11.7. The van der Waals surface area contributed by atoms with E-state index in [0.717, 1.165) is 25.9 Å². The summed E-state index contributed by atoms with van der Waals surface area (Å²) in [6.45, 7) is 2.35. The molecule has 3 atom stereocenters. The van der Waals surface area contributed by atoms with Gasteiger partial charge in [-0.15, -0.1) is 0 Å². The van der Waals surface area contributed by atoms with Crippen LogP contribution in [0, 0.1) is 11.8 Å². The molecular weight excluding hydrogens is 252 g/mol. The van der Waals surface area contributed by atoms with E-state index in [-0.39, 0.29) is 0 Å². The van der Waals surface area contributed by atoms with Gasteiger partial charge >= 0.3 is 6.09 Å². The molecule has 1 saturated heterocycles. The summed E-state index contributed by atoms with van der Waals surface area (Å²) >= 11 is 0. The van der Waals surface area contributed by atoms with Gasteiger partial charge in [0, 0.05) is 25.7 Å². The third kappa shape index (κ3) is 2.96. The Morgan fingerprint density at radius 1 is 1.25 bits per heavy atom. The van der Waals surface area contributed by atoms with Crippen LogP contribution in [0.1, 0.15) is 24.8 Å². The second kappa shape index (κ2) is 5.83. The van der Waals surface area contributed by atoms with E-state index in [2.05, 4.69) is 29.6 Å². The zero-order chi connectivity index (χ0) is 13.9. The van der Waals surface area contributed by atoms with Crippen LogP contribution in [0.2, 0.25) is 0 Å². The third-order valence-electron chi connectivity index (χ3n) is 4.77. The van der Waals surface area contributed by atoms with Gasteiger partial charge in [0.25, 0.3) is 0 Å². The summed E-state index contributed by atoms with van der Waals surface area (Å²) in [4.78, 5) is 12.6. The van der Waals surface area contributed by atoms with Gasteiger partial charge in [-0.05, 0) is 36.7 Å². The van der Waals surface area contributed by atoms with Crippen LogP contribution in [0.5, 0.6) is 0 Å². The summed E-state index contributed by atoms with van der Waals surface area (Å²) < 4.78 is 0. The Bertz CT molecular complexity index is 463. The SMILES string of the molecule is O=C(O)N1CC[C@H]2CC(NCc3ccccc3)C[C@H]2C1. The van der Waals surface area contributed by atoms with Crippen molar-refractivity contribution in [3.8, 4) is 0 Å². The second-order valence-corrected chi connectivity index (χ2v) is 6.07. The highest BCUT2D eigenvalue weighted by atomic mass is 16.4. The standard InChI is InChI=1S/C16H22N2O2/c19-16(20)18-7-6-13-8-15(9-14(13)11-18)17-10-12-4-2-1-3-5-12/h1-5,13-15,17H,6-11H2,(H,19,20)/t13-,14-,15?/m0/s1. The molecule has 0 aromatic heterocycles. The first-order chi connectivity index (χ1) is 9.72. The molecule has 2 N–H and O–H groups in total. The fourth-order valence-electron chi connectivity index (χ4n) is 3.68. The summed E-state index contributed by atoms with van der Waals surface area (Å²) in [6.07, 6.45) is 2.58. The Labute approximate surface area is 119 Å². The molecular formula is C16H22N2O2. The number of fused-ring (bicyclic) bond motifs is 1. The first-order valence-electron chi connectivity index (χ1n) is 7.47. The zero-order valence-corrected chi connectivity index (χ0v) is 11.7. The number of likely N-dealkylation sites (tertiary alicyclic amines) is 1. The van der Waals surface area contributed by atoms with E-state index in [1.54, 1.807) is 4.90 Å². The van der Waals surface area contributed by atoms with Crippen LogP contribution in [0.3, 0.4) is 0 Å². The molecule has 108 valence electrons. The van der Waals surface area contributed by atoms with Gasteiger partial charge in [0.2, 0.25) is 0 Å². The molecule has 1 aromatic carbocycles. The smallest absolute Gasteiger partial charge is 0.407 e. The molecule has 2 fully saturated rings. The van der Waals surface area contributed by atoms with Crippen molar-refractivity contribution >= 4 is 6.09 Å². The Kier molecular flexibility index (Phi) is 3.92. The average molecular weight is 274 g/mol. The molecule has 0 spiro atoms. The lowest BCUT2D eigenvalue weighted by molar-refractivity contribution is 0.106. The number of benzene rings is 1. The van der Waals surface area contributed by atoms with Crippen LogP contribution in [-0.4, -0.2) is 35.2 Å². The molecule has 0 bridgehead atoms. The first-order valence-corrected chi connectivity index (χ1v) is 7.47. The van der Waals surface area contributed by atoms with E-state index >= 15 is 0 Å². The maximum atomic E-state index is 11.0. The van der Waals surface area contributed by atoms with Crippen LogP contribution in [0.4, 0.5) is 4.79 Å². The Hall–Kier alpha value is -1.55. The number of hydrogen-bond acceptors (Lipinski definition) is 2. The van der Waals surface area contributed by atoms with Crippen LogP contribution < -0.4 is 5.32 Å². The van der Waals surface area contributed by atoms with E-state index in [1.807, 2.05) is 6.07 Å². The minimum absolute atomic E-state index is 0.541. The van der Waals surface area contributed by atoms with Gasteiger partial charge in [-0.1, -0.05) is 30.3 Å². The van der Waals surface area contributed by atoms with Crippen LogP contribution in [-0.2, 0) is 6.54 Å². The first kappa shape index (κ1) is 13.4.